The highest BCUT2D eigenvalue weighted by molar-refractivity contribution is 5.92. The van der Waals surface area contributed by atoms with Gasteiger partial charge in [-0.15, -0.1) is 5.10 Å². The van der Waals surface area contributed by atoms with E-state index in [0.717, 1.165) is 69.6 Å². The molecule has 328 valence electrons. The van der Waals surface area contributed by atoms with Crippen LogP contribution in [-0.4, -0.2) is 81.8 Å². The second kappa shape index (κ2) is 18.0. The molecule has 0 spiro atoms. The Bertz CT molecular complexity index is 1780. The third-order valence-electron chi connectivity index (χ3n) is 15.3. The number of rotatable bonds is 13. The topological polar surface area (TPSA) is 174 Å². The summed E-state index contributed by atoms with van der Waals surface area (Å²) >= 11 is 0. The second-order valence-electron chi connectivity index (χ2n) is 19.3. The first-order valence-electron chi connectivity index (χ1n) is 22.1. The number of fused-ring (bicyclic) bond motifs is 4. The van der Waals surface area contributed by atoms with Crippen molar-refractivity contribution in [2.24, 2.45) is 46.3 Å². The van der Waals surface area contributed by atoms with Crippen molar-refractivity contribution in [2.45, 2.75) is 177 Å². The minimum atomic E-state index is -1.37. The molecule has 1 aromatic rings. The van der Waals surface area contributed by atoms with Crippen molar-refractivity contribution in [1.29, 1.82) is 0 Å². The number of carbonyl (C=O) groups is 5. The highest BCUT2D eigenvalue weighted by Gasteiger charge is 2.56. The minimum absolute atomic E-state index is 0.0237. The number of hydrogen-bond donors (Lipinski definition) is 1. The Hall–Kier alpha value is -3.81. The fourth-order valence-corrected chi connectivity index (χ4v) is 11.8. The molecule has 59 heavy (non-hydrogen) atoms. The van der Waals surface area contributed by atoms with Crippen LogP contribution in [0, 0.1) is 46.3 Å². The number of hydrogen-bond acceptors (Lipinski definition) is 12. The molecule has 1 saturated heterocycles. The Morgan fingerprint density at radius 1 is 0.847 bits per heavy atom. The standard InChI is InChI=1S/C45H68N4O10/c1-24(2)25(3)11-12-26(4)34-15-16-35-33-14-13-31-21-32(17-19-44(31,9)36(33)18-20-45(34,35)10)46-42(54)37-22-49(48-47-37)43-41(58-30(8)53)40(57-29(7)52)39(56-28(6)51)38(59-43)23-55-27(5)50/h22,24-26,31-32,34,36,38-41,43H,11-21,23H2,1-10H3,(H,46,54)/t25-,26+,31-,32+,34+,36-,38+,39+,40-,41+,43+,44-,45+/m0/s1. The van der Waals surface area contributed by atoms with Gasteiger partial charge in [0.1, 0.15) is 12.7 Å². The summed E-state index contributed by atoms with van der Waals surface area (Å²) in [6.07, 6.45) is 7.75. The molecule has 2 heterocycles. The number of carbonyl (C=O) groups excluding carboxylic acids is 5. The van der Waals surface area contributed by atoms with Crippen LogP contribution in [-0.2, 0) is 42.9 Å². The van der Waals surface area contributed by atoms with Gasteiger partial charge in [-0.3, -0.25) is 24.0 Å². The number of nitrogens with zero attached hydrogens (tertiary/aromatic N) is 3. The Kier molecular flexibility index (Phi) is 13.7. The van der Waals surface area contributed by atoms with Gasteiger partial charge in [0.25, 0.3) is 5.91 Å². The lowest BCUT2D eigenvalue weighted by molar-refractivity contribution is -0.270. The van der Waals surface area contributed by atoms with E-state index in [2.05, 4.69) is 57.2 Å². The van der Waals surface area contributed by atoms with Gasteiger partial charge in [-0.05, 0) is 104 Å². The van der Waals surface area contributed by atoms with Crippen LogP contribution in [0.2, 0.25) is 0 Å². The molecule has 0 radical (unpaired) electrons. The summed E-state index contributed by atoms with van der Waals surface area (Å²) in [5, 5.41) is 11.5. The highest BCUT2D eigenvalue weighted by atomic mass is 16.7. The van der Waals surface area contributed by atoms with Crippen molar-refractivity contribution in [3.63, 3.8) is 0 Å². The second-order valence-corrected chi connectivity index (χ2v) is 19.3. The lowest BCUT2D eigenvalue weighted by Crippen LogP contribution is -2.60. The van der Waals surface area contributed by atoms with Gasteiger partial charge in [-0.1, -0.05) is 70.7 Å². The molecule has 4 fully saturated rings. The predicted molar refractivity (Wildman–Crippen MR) is 216 cm³/mol. The third kappa shape index (κ3) is 9.42. The van der Waals surface area contributed by atoms with E-state index in [-0.39, 0.29) is 23.8 Å². The largest absolute Gasteiger partial charge is 0.463 e. The molecular formula is C45H68N4O10. The summed E-state index contributed by atoms with van der Waals surface area (Å²) in [5.74, 6) is 0.906. The van der Waals surface area contributed by atoms with Crippen LogP contribution in [0.3, 0.4) is 0 Å². The SMILES string of the molecule is CC(=O)OC[C@H]1O[C@@H](n2cc(C(=O)N[C@@H]3CC[C@@]4(C)[C@@H](CCC5=C6CC[C@H]([C@H](C)CC[C@H](C)C(C)C)[C@@]6(C)CC[C@@H]54)C3)nn2)[C@H](OC(C)=O)[C@@H](OC(C)=O)[C@@H]1OC(C)=O. The summed E-state index contributed by atoms with van der Waals surface area (Å²) in [6.45, 7) is 19.0. The summed E-state index contributed by atoms with van der Waals surface area (Å²) in [4.78, 5) is 62.3. The molecule has 0 unspecified atom stereocenters. The average molecular weight is 825 g/mol. The molecule has 0 aromatic carbocycles. The van der Waals surface area contributed by atoms with Crippen molar-refractivity contribution < 1.29 is 47.7 Å². The maximum absolute atomic E-state index is 13.8. The number of esters is 4. The number of ether oxygens (including phenoxy) is 5. The van der Waals surface area contributed by atoms with Crippen LogP contribution >= 0.6 is 0 Å². The Balaban J connectivity index is 1.14. The van der Waals surface area contributed by atoms with Gasteiger partial charge in [0, 0.05) is 33.7 Å². The molecule has 1 N–H and O–H groups in total. The summed E-state index contributed by atoms with van der Waals surface area (Å²) in [7, 11) is 0. The van der Waals surface area contributed by atoms with E-state index < -0.39 is 60.4 Å². The summed E-state index contributed by atoms with van der Waals surface area (Å²) in [5.41, 5.74) is 4.14. The van der Waals surface area contributed by atoms with Crippen molar-refractivity contribution in [3.05, 3.63) is 23.0 Å². The zero-order valence-electron chi connectivity index (χ0n) is 36.9. The molecule has 5 aliphatic rings. The van der Waals surface area contributed by atoms with Crippen LogP contribution in [0.4, 0.5) is 0 Å². The number of nitrogens with one attached hydrogen (secondary N) is 1. The molecule has 13 atom stereocenters. The highest BCUT2D eigenvalue weighted by Crippen LogP contribution is 2.66. The molecular weight excluding hydrogens is 757 g/mol. The van der Waals surface area contributed by atoms with Gasteiger partial charge >= 0.3 is 23.9 Å². The molecule has 3 saturated carbocycles. The number of aromatic nitrogens is 3. The van der Waals surface area contributed by atoms with E-state index in [9.17, 15) is 24.0 Å². The maximum atomic E-state index is 13.8. The fraction of sp³-hybridized carbons (Fsp3) is 0.800. The summed E-state index contributed by atoms with van der Waals surface area (Å²) in [6, 6.07) is -0.0237. The van der Waals surface area contributed by atoms with Crippen molar-refractivity contribution in [3.8, 4) is 0 Å². The quantitative estimate of drug-likeness (QED) is 0.122. The first-order valence-corrected chi connectivity index (χ1v) is 22.1. The minimum Gasteiger partial charge on any atom is -0.463 e. The van der Waals surface area contributed by atoms with Crippen molar-refractivity contribution in [1.82, 2.24) is 20.3 Å². The van der Waals surface area contributed by atoms with E-state index in [1.807, 2.05) is 0 Å². The van der Waals surface area contributed by atoms with Gasteiger partial charge in [0.05, 0.1) is 6.20 Å². The molecule has 0 bridgehead atoms. The van der Waals surface area contributed by atoms with Crippen LogP contribution in [0.25, 0.3) is 0 Å². The lowest BCUT2D eigenvalue weighted by atomic mass is 9.48. The van der Waals surface area contributed by atoms with E-state index in [0.29, 0.717) is 17.3 Å². The van der Waals surface area contributed by atoms with Crippen molar-refractivity contribution >= 4 is 29.8 Å². The fourth-order valence-electron chi connectivity index (χ4n) is 11.8. The Morgan fingerprint density at radius 2 is 1.53 bits per heavy atom. The smallest absolute Gasteiger partial charge is 0.303 e. The zero-order chi connectivity index (χ0) is 43.0. The van der Waals surface area contributed by atoms with Gasteiger partial charge < -0.3 is 29.0 Å². The summed E-state index contributed by atoms with van der Waals surface area (Å²) < 4.78 is 29.2. The van der Waals surface area contributed by atoms with Crippen LogP contribution in [0.5, 0.6) is 0 Å². The van der Waals surface area contributed by atoms with E-state index in [4.69, 9.17) is 23.7 Å². The molecule has 1 aromatic heterocycles. The third-order valence-corrected chi connectivity index (χ3v) is 15.3. The van der Waals surface area contributed by atoms with Crippen molar-refractivity contribution in [2.75, 3.05) is 6.61 Å². The van der Waals surface area contributed by atoms with E-state index in [1.54, 1.807) is 11.1 Å². The van der Waals surface area contributed by atoms with Crippen LogP contribution in [0.15, 0.2) is 17.3 Å². The Morgan fingerprint density at radius 3 is 2.19 bits per heavy atom. The Labute approximate surface area is 349 Å². The molecule has 4 aliphatic carbocycles. The predicted octanol–water partition coefficient (Wildman–Crippen LogP) is 7.06. The molecule has 1 amide bonds. The molecule has 1 aliphatic heterocycles. The van der Waals surface area contributed by atoms with Crippen LogP contribution < -0.4 is 5.32 Å². The van der Waals surface area contributed by atoms with E-state index in [1.165, 1.54) is 63.3 Å². The van der Waals surface area contributed by atoms with Gasteiger partial charge in [-0.25, -0.2) is 4.68 Å². The van der Waals surface area contributed by atoms with Crippen LogP contribution in [0.1, 0.15) is 157 Å². The molecule has 14 nitrogen and oxygen atoms in total. The van der Waals surface area contributed by atoms with Gasteiger partial charge in [-0.2, -0.15) is 0 Å². The van der Waals surface area contributed by atoms with E-state index >= 15 is 0 Å². The average Bonchev–Trinajstić information content (AvgIpc) is 3.79. The number of amides is 1. The normalized spacial score (nSPS) is 35.1. The first-order chi connectivity index (χ1) is 27.8. The maximum Gasteiger partial charge on any atom is 0.303 e. The van der Waals surface area contributed by atoms with Gasteiger partial charge in [0.15, 0.2) is 30.2 Å². The first kappa shape index (κ1) is 44.7. The molecule has 14 heteroatoms. The molecule has 6 rings (SSSR count). The van der Waals surface area contributed by atoms with Gasteiger partial charge in [0.2, 0.25) is 0 Å². The number of allylic oxidation sites excluding steroid dienone is 2. The zero-order valence-corrected chi connectivity index (χ0v) is 36.9. The monoisotopic (exact) mass is 824 g/mol. The lowest BCUT2D eigenvalue weighted by Gasteiger charge is -2.57.